The average Bonchev–Trinajstić information content (AvgIpc) is 2.09. The summed E-state index contributed by atoms with van der Waals surface area (Å²) in [4.78, 5) is 0. The molecule has 0 atom stereocenters. The summed E-state index contributed by atoms with van der Waals surface area (Å²) >= 11 is 5.44. The SMILES string of the molecule is ON=Cc1c(O)cc(O)c(Cl)c1O. The predicted molar refractivity (Wildman–Crippen MR) is 45.8 cm³/mol. The Hall–Kier alpha value is -1.62. The van der Waals surface area contributed by atoms with Crippen molar-refractivity contribution in [1.29, 1.82) is 0 Å². The van der Waals surface area contributed by atoms with E-state index < -0.39 is 17.2 Å². The smallest absolute Gasteiger partial charge is 0.150 e. The lowest BCUT2D eigenvalue weighted by molar-refractivity contribution is 0.321. The summed E-state index contributed by atoms with van der Waals surface area (Å²) < 4.78 is 0. The Morgan fingerprint density at radius 2 is 1.85 bits per heavy atom. The quantitative estimate of drug-likeness (QED) is 0.314. The molecule has 0 aromatic heterocycles. The van der Waals surface area contributed by atoms with E-state index in [1.807, 2.05) is 0 Å². The second-order valence-corrected chi connectivity index (χ2v) is 2.61. The molecular weight excluding hydrogens is 198 g/mol. The van der Waals surface area contributed by atoms with Gasteiger partial charge in [-0.25, -0.2) is 0 Å². The van der Waals surface area contributed by atoms with Crippen LogP contribution in [0.3, 0.4) is 0 Å². The summed E-state index contributed by atoms with van der Waals surface area (Å²) in [6.45, 7) is 0. The zero-order chi connectivity index (χ0) is 10.0. The third kappa shape index (κ3) is 1.59. The van der Waals surface area contributed by atoms with Crippen molar-refractivity contribution in [3.05, 3.63) is 16.7 Å². The van der Waals surface area contributed by atoms with Crippen LogP contribution in [0.2, 0.25) is 5.02 Å². The Morgan fingerprint density at radius 1 is 1.23 bits per heavy atom. The molecule has 0 saturated carbocycles. The third-order valence-corrected chi connectivity index (χ3v) is 1.80. The highest BCUT2D eigenvalue weighted by Crippen LogP contribution is 2.39. The van der Waals surface area contributed by atoms with Gasteiger partial charge in [-0.3, -0.25) is 0 Å². The lowest BCUT2D eigenvalue weighted by Crippen LogP contribution is -1.85. The molecule has 1 aromatic rings. The first-order chi connectivity index (χ1) is 6.07. The van der Waals surface area contributed by atoms with Gasteiger partial charge in [-0.05, 0) is 0 Å². The van der Waals surface area contributed by atoms with E-state index in [9.17, 15) is 5.11 Å². The van der Waals surface area contributed by atoms with Crippen LogP contribution in [0.25, 0.3) is 0 Å². The molecule has 4 N–H and O–H groups in total. The molecule has 6 heteroatoms. The van der Waals surface area contributed by atoms with Crippen molar-refractivity contribution in [2.45, 2.75) is 0 Å². The summed E-state index contributed by atoms with van der Waals surface area (Å²) in [7, 11) is 0. The first kappa shape index (κ1) is 9.47. The standard InChI is InChI=1S/C7H6ClNO4/c8-6-5(11)1-4(10)3(2-9-13)7(6)12/h1-2,10-13H. The van der Waals surface area contributed by atoms with Gasteiger partial charge < -0.3 is 20.5 Å². The predicted octanol–water partition coefficient (Wildman–Crippen LogP) is 1.26. The Balaban J connectivity index is 3.43. The molecule has 0 fully saturated rings. The van der Waals surface area contributed by atoms with E-state index in [0.717, 1.165) is 12.3 Å². The van der Waals surface area contributed by atoms with Crippen molar-refractivity contribution in [2.75, 3.05) is 0 Å². The van der Waals surface area contributed by atoms with E-state index in [-0.39, 0.29) is 10.6 Å². The Morgan fingerprint density at radius 3 is 2.38 bits per heavy atom. The molecule has 0 spiro atoms. The number of aromatic hydroxyl groups is 3. The third-order valence-electron chi connectivity index (χ3n) is 1.42. The van der Waals surface area contributed by atoms with E-state index in [2.05, 4.69) is 5.16 Å². The van der Waals surface area contributed by atoms with Gasteiger partial charge in [0.1, 0.15) is 16.5 Å². The van der Waals surface area contributed by atoms with Gasteiger partial charge in [-0.15, -0.1) is 0 Å². The van der Waals surface area contributed by atoms with E-state index in [1.165, 1.54) is 0 Å². The van der Waals surface area contributed by atoms with E-state index >= 15 is 0 Å². The first-order valence-corrected chi connectivity index (χ1v) is 3.56. The maximum atomic E-state index is 9.24. The van der Waals surface area contributed by atoms with E-state index in [1.54, 1.807) is 0 Å². The Bertz CT molecular complexity index is 364. The van der Waals surface area contributed by atoms with Crippen molar-refractivity contribution in [3.63, 3.8) is 0 Å². The van der Waals surface area contributed by atoms with Gasteiger partial charge in [0.25, 0.3) is 0 Å². The number of nitrogens with zero attached hydrogens (tertiary/aromatic N) is 1. The minimum atomic E-state index is -0.544. The van der Waals surface area contributed by atoms with Crippen LogP contribution in [-0.4, -0.2) is 26.7 Å². The van der Waals surface area contributed by atoms with Crippen molar-refractivity contribution in [2.24, 2.45) is 5.16 Å². The van der Waals surface area contributed by atoms with Crippen LogP contribution >= 0.6 is 11.6 Å². The van der Waals surface area contributed by atoms with Crippen LogP contribution in [0.15, 0.2) is 11.2 Å². The van der Waals surface area contributed by atoms with Crippen LogP contribution in [0.4, 0.5) is 0 Å². The summed E-state index contributed by atoms with van der Waals surface area (Å²) in [6.07, 6.45) is 0.802. The number of phenols is 3. The van der Waals surface area contributed by atoms with Gasteiger partial charge in [0.15, 0.2) is 5.75 Å². The highest BCUT2D eigenvalue weighted by atomic mass is 35.5. The molecule has 0 saturated heterocycles. The van der Waals surface area contributed by atoms with E-state index in [4.69, 9.17) is 27.0 Å². The maximum absolute atomic E-state index is 9.24. The molecule has 0 unspecified atom stereocenters. The van der Waals surface area contributed by atoms with Crippen LogP contribution in [-0.2, 0) is 0 Å². The normalized spacial score (nSPS) is 10.8. The summed E-state index contributed by atoms with van der Waals surface area (Å²) in [5.41, 5.74) is -0.162. The second-order valence-electron chi connectivity index (χ2n) is 2.24. The fraction of sp³-hybridized carbons (Fsp3) is 0. The Kier molecular flexibility index (Phi) is 2.48. The van der Waals surface area contributed by atoms with E-state index in [0.29, 0.717) is 0 Å². The maximum Gasteiger partial charge on any atom is 0.150 e. The van der Waals surface area contributed by atoms with Crippen LogP contribution < -0.4 is 0 Å². The molecule has 1 rings (SSSR count). The minimum Gasteiger partial charge on any atom is -0.507 e. The summed E-state index contributed by atoms with van der Waals surface area (Å²) in [5, 5.41) is 37.9. The van der Waals surface area contributed by atoms with Gasteiger partial charge in [0.05, 0.1) is 11.8 Å². The average molecular weight is 204 g/mol. The summed E-state index contributed by atoms with van der Waals surface area (Å²) in [5.74, 6) is -1.43. The second kappa shape index (κ2) is 3.40. The number of oxime groups is 1. The minimum absolute atomic E-state index is 0.162. The topological polar surface area (TPSA) is 93.3 Å². The van der Waals surface area contributed by atoms with Crippen molar-refractivity contribution < 1.29 is 20.5 Å². The number of rotatable bonds is 1. The van der Waals surface area contributed by atoms with Gasteiger partial charge in [-0.1, -0.05) is 16.8 Å². The number of hydrogen-bond donors (Lipinski definition) is 4. The van der Waals surface area contributed by atoms with Crippen LogP contribution in [0, 0.1) is 0 Å². The van der Waals surface area contributed by atoms with Crippen molar-refractivity contribution >= 4 is 17.8 Å². The highest BCUT2D eigenvalue weighted by Gasteiger charge is 2.14. The molecule has 0 amide bonds. The molecule has 5 nitrogen and oxygen atoms in total. The molecule has 0 bridgehead atoms. The monoisotopic (exact) mass is 203 g/mol. The van der Waals surface area contributed by atoms with Crippen LogP contribution in [0.1, 0.15) is 5.56 Å². The molecule has 0 radical (unpaired) electrons. The van der Waals surface area contributed by atoms with Crippen LogP contribution in [0.5, 0.6) is 17.2 Å². The molecule has 0 aliphatic heterocycles. The number of hydrogen-bond acceptors (Lipinski definition) is 5. The number of halogens is 1. The zero-order valence-electron chi connectivity index (χ0n) is 6.27. The van der Waals surface area contributed by atoms with Crippen molar-refractivity contribution in [3.8, 4) is 17.2 Å². The Labute approximate surface area is 78.1 Å². The number of benzene rings is 1. The largest absolute Gasteiger partial charge is 0.507 e. The highest BCUT2D eigenvalue weighted by molar-refractivity contribution is 6.34. The van der Waals surface area contributed by atoms with Gasteiger partial charge in [-0.2, -0.15) is 0 Å². The lowest BCUT2D eigenvalue weighted by Gasteiger charge is -2.05. The fourth-order valence-corrected chi connectivity index (χ4v) is 0.973. The number of phenolic OH excluding ortho intramolecular Hbond substituents is 3. The molecule has 13 heavy (non-hydrogen) atoms. The lowest BCUT2D eigenvalue weighted by atomic mass is 10.2. The van der Waals surface area contributed by atoms with Gasteiger partial charge >= 0.3 is 0 Å². The molecule has 0 heterocycles. The van der Waals surface area contributed by atoms with Crippen molar-refractivity contribution in [1.82, 2.24) is 0 Å². The molecule has 0 aliphatic rings. The molecular formula is C7H6ClNO4. The summed E-state index contributed by atoms with van der Waals surface area (Å²) in [6, 6.07) is 0.930. The first-order valence-electron chi connectivity index (χ1n) is 3.18. The zero-order valence-corrected chi connectivity index (χ0v) is 7.02. The molecule has 70 valence electrons. The molecule has 0 aliphatic carbocycles. The molecule has 1 aromatic carbocycles. The van der Waals surface area contributed by atoms with Gasteiger partial charge in [0, 0.05) is 6.07 Å². The van der Waals surface area contributed by atoms with Gasteiger partial charge in [0.2, 0.25) is 0 Å². The fourth-order valence-electron chi connectivity index (χ4n) is 0.816.